The van der Waals surface area contributed by atoms with Gasteiger partial charge in [0.05, 0.1) is 29.8 Å². The number of anilines is 1. The van der Waals surface area contributed by atoms with E-state index < -0.39 is 17.8 Å². The summed E-state index contributed by atoms with van der Waals surface area (Å²) in [7, 11) is 1.60. The van der Waals surface area contributed by atoms with Crippen LogP contribution in [0.5, 0.6) is 5.75 Å². The molecule has 0 aromatic heterocycles. The van der Waals surface area contributed by atoms with E-state index in [0.29, 0.717) is 0 Å². The van der Waals surface area contributed by atoms with E-state index in [9.17, 15) is 14.0 Å². The molecule has 0 aliphatic carbocycles. The SMILES string of the molecule is COc1ccc([C@@H]2[C@@H]3C(=O)N(c4ccc(Cl)c(F)c4)C(=O)[C@@H]3N3CCCN23)cc1. The van der Waals surface area contributed by atoms with Crippen molar-refractivity contribution in [3.8, 4) is 5.75 Å². The smallest absolute Gasteiger partial charge is 0.253 e. The quantitative estimate of drug-likeness (QED) is 0.721. The second-order valence-corrected chi connectivity index (χ2v) is 7.89. The molecule has 8 heteroatoms. The molecule has 0 unspecified atom stereocenters. The molecule has 3 aliphatic heterocycles. The fourth-order valence-corrected chi connectivity index (χ4v) is 4.91. The predicted octanol–water partition coefficient (Wildman–Crippen LogP) is 3.02. The van der Waals surface area contributed by atoms with Gasteiger partial charge in [0.2, 0.25) is 5.91 Å². The second-order valence-electron chi connectivity index (χ2n) is 7.48. The minimum atomic E-state index is -0.656. The van der Waals surface area contributed by atoms with E-state index in [1.807, 2.05) is 29.3 Å². The van der Waals surface area contributed by atoms with E-state index in [1.54, 1.807) is 7.11 Å². The summed E-state index contributed by atoms with van der Waals surface area (Å²) in [6.07, 6.45) is 0.924. The Kier molecular flexibility index (Phi) is 4.34. The predicted molar refractivity (Wildman–Crippen MR) is 105 cm³/mol. The Labute approximate surface area is 172 Å². The highest BCUT2D eigenvalue weighted by Crippen LogP contribution is 2.49. The van der Waals surface area contributed by atoms with Crippen molar-refractivity contribution in [3.63, 3.8) is 0 Å². The molecule has 29 heavy (non-hydrogen) atoms. The van der Waals surface area contributed by atoms with Crippen LogP contribution in [0.4, 0.5) is 10.1 Å². The molecule has 2 amide bonds. The summed E-state index contributed by atoms with van der Waals surface area (Å²) in [4.78, 5) is 27.8. The number of fused-ring (bicyclic) bond motifs is 3. The van der Waals surface area contributed by atoms with Gasteiger partial charge in [0.25, 0.3) is 5.91 Å². The van der Waals surface area contributed by atoms with Crippen molar-refractivity contribution in [2.45, 2.75) is 18.5 Å². The number of rotatable bonds is 3. The van der Waals surface area contributed by atoms with Crippen molar-refractivity contribution in [3.05, 3.63) is 58.9 Å². The van der Waals surface area contributed by atoms with E-state index in [1.165, 1.54) is 12.1 Å². The number of imide groups is 1. The first-order valence-electron chi connectivity index (χ1n) is 9.51. The molecule has 3 fully saturated rings. The number of carbonyl (C=O) groups excluding carboxylic acids is 2. The highest BCUT2D eigenvalue weighted by atomic mass is 35.5. The van der Waals surface area contributed by atoms with Crippen LogP contribution in [0.25, 0.3) is 0 Å². The van der Waals surface area contributed by atoms with Gasteiger partial charge in [0, 0.05) is 13.1 Å². The Morgan fingerprint density at radius 3 is 2.34 bits per heavy atom. The maximum Gasteiger partial charge on any atom is 0.253 e. The van der Waals surface area contributed by atoms with Crippen molar-refractivity contribution in [2.24, 2.45) is 5.92 Å². The number of benzene rings is 2. The third kappa shape index (κ3) is 2.68. The van der Waals surface area contributed by atoms with Gasteiger partial charge in [0.1, 0.15) is 17.6 Å². The average Bonchev–Trinajstić information content (AvgIpc) is 3.37. The van der Waals surface area contributed by atoms with Crippen molar-refractivity contribution in [2.75, 3.05) is 25.1 Å². The van der Waals surface area contributed by atoms with Crippen LogP contribution in [-0.2, 0) is 9.59 Å². The molecule has 0 saturated carbocycles. The number of hydrogen-bond acceptors (Lipinski definition) is 5. The van der Waals surface area contributed by atoms with Crippen LogP contribution in [0.1, 0.15) is 18.0 Å². The van der Waals surface area contributed by atoms with E-state index in [4.69, 9.17) is 16.3 Å². The molecule has 2 aromatic rings. The number of hydrazine groups is 1. The number of halogens is 2. The number of methoxy groups -OCH3 is 1. The Morgan fingerprint density at radius 1 is 1.00 bits per heavy atom. The molecule has 0 spiro atoms. The molecule has 150 valence electrons. The molecule has 3 heterocycles. The monoisotopic (exact) mass is 415 g/mol. The molecular formula is C21H19ClFN3O3. The van der Waals surface area contributed by atoms with Gasteiger partial charge in [0.15, 0.2) is 0 Å². The summed E-state index contributed by atoms with van der Waals surface area (Å²) >= 11 is 5.77. The Bertz CT molecular complexity index is 999. The second kappa shape index (κ2) is 6.79. The van der Waals surface area contributed by atoms with Crippen LogP contribution < -0.4 is 9.64 Å². The standard InChI is InChI=1S/C21H19ClFN3O3/c1-29-14-6-3-12(4-7-14)18-17-19(25-10-2-9-24(18)25)21(28)26(20(17)27)13-5-8-15(22)16(23)11-13/h3-8,11,17-19H,2,9-10H2,1H3/t17-,18+,19+/m0/s1. The minimum absolute atomic E-state index is 0.0464. The molecule has 6 nitrogen and oxygen atoms in total. The first-order chi connectivity index (χ1) is 14.0. The van der Waals surface area contributed by atoms with Gasteiger partial charge in [-0.25, -0.2) is 19.3 Å². The number of carbonyl (C=O) groups is 2. The van der Waals surface area contributed by atoms with E-state index in [0.717, 1.165) is 41.8 Å². The normalized spacial score (nSPS) is 26.9. The molecule has 5 rings (SSSR count). The zero-order valence-electron chi connectivity index (χ0n) is 15.7. The van der Waals surface area contributed by atoms with Gasteiger partial charge < -0.3 is 4.74 Å². The third-order valence-electron chi connectivity index (χ3n) is 6.02. The minimum Gasteiger partial charge on any atom is -0.497 e. The zero-order chi connectivity index (χ0) is 20.3. The molecule has 3 aliphatic rings. The van der Waals surface area contributed by atoms with Crippen LogP contribution >= 0.6 is 11.6 Å². The van der Waals surface area contributed by atoms with Gasteiger partial charge in [-0.2, -0.15) is 0 Å². The fraction of sp³-hybridized carbons (Fsp3) is 0.333. The highest BCUT2D eigenvalue weighted by molar-refractivity contribution is 6.31. The Balaban J connectivity index is 1.56. The van der Waals surface area contributed by atoms with Crippen LogP contribution in [0.3, 0.4) is 0 Å². The van der Waals surface area contributed by atoms with Gasteiger partial charge in [-0.15, -0.1) is 0 Å². The lowest BCUT2D eigenvalue weighted by Gasteiger charge is -2.29. The summed E-state index contributed by atoms with van der Waals surface area (Å²) in [5.74, 6) is -1.10. The van der Waals surface area contributed by atoms with Gasteiger partial charge in [-0.05, 0) is 42.3 Å². The maximum atomic E-state index is 14.0. The number of nitrogens with zero attached hydrogens (tertiary/aromatic N) is 3. The van der Waals surface area contributed by atoms with Gasteiger partial charge in [-0.3, -0.25) is 9.59 Å². The molecule has 0 bridgehead atoms. The molecule has 0 N–H and O–H groups in total. The van der Waals surface area contributed by atoms with Gasteiger partial charge in [-0.1, -0.05) is 23.7 Å². The molecule has 3 atom stereocenters. The lowest BCUT2D eigenvalue weighted by molar-refractivity contribution is -0.126. The summed E-state index contributed by atoms with van der Waals surface area (Å²) in [5.41, 5.74) is 1.17. The van der Waals surface area contributed by atoms with Crippen LogP contribution in [0.15, 0.2) is 42.5 Å². The zero-order valence-corrected chi connectivity index (χ0v) is 16.5. The van der Waals surface area contributed by atoms with Crippen molar-refractivity contribution in [1.29, 1.82) is 0 Å². The molecule has 3 saturated heterocycles. The summed E-state index contributed by atoms with van der Waals surface area (Å²) in [6.45, 7) is 1.51. The summed E-state index contributed by atoms with van der Waals surface area (Å²) < 4.78 is 19.2. The van der Waals surface area contributed by atoms with Crippen molar-refractivity contribution < 1.29 is 18.7 Å². The first kappa shape index (κ1) is 18.5. The Morgan fingerprint density at radius 2 is 1.69 bits per heavy atom. The largest absolute Gasteiger partial charge is 0.497 e. The van der Waals surface area contributed by atoms with E-state index in [-0.39, 0.29) is 28.6 Å². The molecular weight excluding hydrogens is 397 g/mol. The number of hydrogen-bond donors (Lipinski definition) is 0. The average molecular weight is 416 g/mol. The highest BCUT2D eigenvalue weighted by Gasteiger charge is 2.62. The van der Waals surface area contributed by atoms with Crippen molar-refractivity contribution in [1.82, 2.24) is 10.0 Å². The molecule has 2 aromatic carbocycles. The summed E-state index contributed by atoms with van der Waals surface area (Å²) in [6, 6.07) is 10.8. The topological polar surface area (TPSA) is 53.1 Å². The van der Waals surface area contributed by atoms with E-state index in [2.05, 4.69) is 5.01 Å². The van der Waals surface area contributed by atoms with E-state index >= 15 is 0 Å². The molecule has 0 radical (unpaired) electrons. The third-order valence-corrected chi connectivity index (χ3v) is 6.33. The number of amides is 2. The number of ether oxygens (including phenoxy) is 1. The van der Waals surface area contributed by atoms with Crippen LogP contribution in [0.2, 0.25) is 5.02 Å². The van der Waals surface area contributed by atoms with Crippen molar-refractivity contribution >= 4 is 29.1 Å². The lowest BCUT2D eigenvalue weighted by atomic mass is 9.90. The lowest BCUT2D eigenvalue weighted by Crippen LogP contribution is -2.44. The van der Waals surface area contributed by atoms with Crippen LogP contribution in [0, 0.1) is 11.7 Å². The first-order valence-corrected chi connectivity index (χ1v) is 9.89. The maximum absolute atomic E-state index is 14.0. The summed E-state index contributed by atoms with van der Waals surface area (Å²) in [5, 5.41) is 4.09. The fourth-order valence-electron chi connectivity index (χ4n) is 4.79. The van der Waals surface area contributed by atoms with Crippen LogP contribution in [-0.4, -0.2) is 48.1 Å². The Hall–Kier alpha value is -2.48. The van der Waals surface area contributed by atoms with Gasteiger partial charge >= 0.3 is 0 Å².